The van der Waals surface area contributed by atoms with Crippen LogP contribution < -0.4 is 21.3 Å². The van der Waals surface area contributed by atoms with Crippen molar-refractivity contribution in [2.24, 2.45) is 5.92 Å². The van der Waals surface area contributed by atoms with Gasteiger partial charge in [0.05, 0.1) is 5.69 Å². The summed E-state index contributed by atoms with van der Waals surface area (Å²) in [4.78, 5) is 61.6. The van der Waals surface area contributed by atoms with E-state index >= 15 is 0 Å². The number of nitrogens with one attached hydrogen (secondary N) is 4. The second-order valence-electron chi connectivity index (χ2n) is 11.8. The van der Waals surface area contributed by atoms with Crippen molar-refractivity contribution >= 4 is 41.2 Å². The number of aliphatic carboxylic acids is 2. The Kier molecular flexibility index (Phi) is 12.9. The first-order valence-electron chi connectivity index (χ1n) is 16.0. The molecule has 2 saturated heterocycles. The van der Waals surface area contributed by atoms with Crippen LogP contribution in [0, 0.1) is 5.92 Å². The molecule has 4 amide bonds. The topological polar surface area (TPSA) is 177 Å². The first-order valence-corrected chi connectivity index (χ1v) is 16.0. The largest absolute Gasteiger partial charge is 0.490 e. The van der Waals surface area contributed by atoms with Gasteiger partial charge in [-0.1, -0.05) is 60.7 Å². The van der Waals surface area contributed by atoms with Crippen LogP contribution in [0.25, 0.3) is 11.1 Å². The minimum Gasteiger partial charge on any atom is -0.480 e. The number of urea groups is 1. The van der Waals surface area contributed by atoms with Crippen molar-refractivity contribution < 1.29 is 47.4 Å². The van der Waals surface area contributed by atoms with E-state index in [0.29, 0.717) is 36.3 Å². The zero-order chi connectivity index (χ0) is 36.3. The zero-order valence-electron chi connectivity index (χ0n) is 26.9. The average molecular weight is 698 g/mol. The molecule has 266 valence electrons. The van der Waals surface area contributed by atoms with Gasteiger partial charge in [0.15, 0.2) is 0 Å². The third-order valence-corrected chi connectivity index (χ3v) is 8.30. The number of likely N-dealkylation sites (tertiary alicyclic amines) is 1. The summed E-state index contributed by atoms with van der Waals surface area (Å²) in [7, 11) is 0. The fraction of sp³-hybridized carbons (Fsp3) is 0.343. The number of carboxylic acids is 2. The first-order chi connectivity index (χ1) is 23.8. The minimum absolute atomic E-state index is 0.0152. The van der Waals surface area contributed by atoms with E-state index in [1.165, 1.54) is 4.90 Å². The maximum Gasteiger partial charge on any atom is 0.490 e. The van der Waals surface area contributed by atoms with E-state index in [4.69, 9.17) is 9.90 Å². The molecule has 0 aliphatic carbocycles. The van der Waals surface area contributed by atoms with E-state index in [9.17, 15) is 37.5 Å². The van der Waals surface area contributed by atoms with Crippen LogP contribution in [-0.2, 0) is 25.6 Å². The standard InChI is InChI=1S/C33H37N5O5.C2HF3O2/c39-30(24-16-18-34-19-17-24)35-25-14-12-22(13-15-25)21-28(32(41)42)36-31(40)29-11-6-20-38(29)33(43)37-27-10-5-4-9-26(27)23-7-2-1-3-8-23;3-2(4,5)1(6)7/h1-5,7-10,12-15,24,28-29,34H,6,11,16-21H2,(H,35,39)(H,36,40)(H,37,43)(H,41,42);(H,6,7)/t28-,29-;/m0./s1. The first kappa shape index (κ1) is 37.4. The van der Waals surface area contributed by atoms with Crippen molar-refractivity contribution in [1.29, 1.82) is 0 Å². The molecule has 0 radical (unpaired) electrons. The van der Waals surface area contributed by atoms with Gasteiger partial charge in [-0.3, -0.25) is 9.59 Å². The molecular weight excluding hydrogens is 659 g/mol. The van der Waals surface area contributed by atoms with E-state index in [1.54, 1.807) is 24.3 Å². The Morgan fingerprint density at radius 3 is 2.06 bits per heavy atom. The van der Waals surface area contributed by atoms with E-state index in [1.807, 2.05) is 54.6 Å². The Morgan fingerprint density at radius 2 is 1.44 bits per heavy atom. The molecule has 0 bridgehead atoms. The number of alkyl halides is 3. The number of carbonyl (C=O) groups is 5. The lowest BCUT2D eigenvalue weighted by molar-refractivity contribution is -0.192. The van der Waals surface area contributed by atoms with Crippen molar-refractivity contribution in [3.05, 3.63) is 84.4 Å². The van der Waals surface area contributed by atoms with Crippen LogP contribution in [0.1, 0.15) is 31.2 Å². The average Bonchev–Trinajstić information content (AvgIpc) is 3.60. The second kappa shape index (κ2) is 17.3. The van der Waals surface area contributed by atoms with E-state index in [2.05, 4.69) is 21.3 Å². The highest BCUT2D eigenvalue weighted by atomic mass is 19.4. The number of nitrogens with zero attached hydrogens (tertiary/aromatic N) is 1. The molecule has 15 heteroatoms. The van der Waals surface area contributed by atoms with Crippen molar-refractivity contribution in [1.82, 2.24) is 15.5 Å². The van der Waals surface area contributed by atoms with Gasteiger partial charge < -0.3 is 36.4 Å². The molecule has 0 saturated carbocycles. The summed E-state index contributed by atoms with van der Waals surface area (Å²) in [5.74, 6) is -4.46. The molecule has 3 aromatic carbocycles. The molecule has 2 heterocycles. The molecule has 2 aliphatic heterocycles. The number of carboxylic acid groups (broad SMARTS) is 2. The minimum atomic E-state index is -5.08. The van der Waals surface area contributed by atoms with E-state index < -0.39 is 42.1 Å². The van der Waals surface area contributed by atoms with Crippen molar-refractivity contribution in [2.75, 3.05) is 30.3 Å². The molecular formula is C35H38F3N5O7. The van der Waals surface area contributed by atoms with Gasteiger partial charge in [0, 0.05) is 30.1 Å². The summed E-state index contributed by atoms with van der Waals surface area (Å²) in [6.45, 7) is 2.04. The van der Waals surface area contributed by atoms with Gasteiger partial charge in [-0.2, -0.15) is 13.2 Å². The number of para-hydroxylation sites is 1. The number of hydrogen-bond acceptors (Lipinski definition) is 6. The lowest BCUT2D eigenvalue weighted by Crippen LogP contribution is -2.52. The fourth-order valence-corrected chi connectivity index (χ4v) is 5.69. The summed E-state index contributed by atoms with van der Waals surface area (Å²) in [6, 6.07) is 21.8. The summed E-state index contributed by atoms with van der Waals surface area (Å²) < 4.78 is 31.7. The quantitative estimate of drug-likeness (QED) is 0.186. The molecule has 0 aromatic heterocycles. The monoisotopic (exact) mass is 697 g/mol. The third kappa shape index (κ3) is 10.5. The van der Waals surface area contributed by atoms with Gasteiger partial charge in [0.1, 0.15) is 12.1 Å². The molecule has 0 spiro atoms. The lowest BCUT2D eigenvalue weighted by Gasteiger charge is -2.26. The maximum absolute atomic E-state index is 13.3. The van der Waals surface area contributed by atoms with Crippen LogP contribution in [0.5, 0.6) is 0 Å². The summed E-state index contributed by atoms with van der Waals surface area (Å²) in [5, 5.41) is 28.8. The third-order valence-electron chi connectivity index (χ3n) is 8.30. The van der Waals surface area contributed by atoms with Gasteiger partial charge in [-0.15, -0.1) is 0 Å². The predicted octanol–water partition coefficient (Wildman–Crippen LogP) is 4.73. The van der Waals surface area contributed by atoms with Gasteiger partial charge >= 0.3 is 24.1 Å². The Hall–Kier alpha value is -5.44. The second-order valence-corrected chi connectivity index (χ2v) is 11.8. The van der Waals surface area contributed by atoms with Crippen molar-refractivity contribution in [3.63, 3.8) is 0 Å². The normalized spacial score (nSPS) is 16.7. The summed E-state index contributed by atoms with van der Waals surface area (Å²) in [5.41, 5.74) is 3.79. The van der Waals surface area contributed by atoms with Crippen LogP contribution in [0.4, 0.5) is 29.3 Å². The molecule has 6 N–H and O–H groups in total. The van der Waals surface area contributed by atoms with Gasteiger partial charge in [-0.25, -0.2) is 14.4 Å². The van der Waals surface area contributed by atoms with Gasteiger partial charge in [0.2, 0.25) is 11.8 Å². The number of piperidine rings is 1. The molecule has 2 aliphatic rings. The smallest absolute Gasteiger partial charge is 0.480 e. The van der Waals surface area contributed by atoms with Crippen molar-refractivity contribution in [2.45, 2.75) is 50.4 Å². The molecule has 0 unspecified atom stereocenters. The highest BCUT2D eigenvalue weighted by Crippen LogP contribution is 2.29. The summed E-state index contributed by atoms with van der Waals surface area (Å²) in [6.07, 6.45) is -2.35. The number of benzene rings is 3. The Balaban J connectivity index is 0.000000727. The van der Waals surface area contributed by atoms with Gasteiger partial charge in [0.25, 0.3) is 0 Å². The fourth-order valence-electron chi connectivity index (χ4n) is 5.69. The number of hydrogen-bond donors (Lipinski definition) is 6. The number of amides is 4. The van der Waals surface area contributed by atoms with Crippen LogP contribution >= 0.6 is 0 Å². The zero-order valence-corrected chi connectivity index (χ0v) is 26.9. The Labute approximate surface area is 286 Å². The van der Waals surface area contributed by atoms with Crippen LogP contribution in [0.3, 0.4) is 0 Å². The molecule has 2 fully saturated rings. The molecule has 12 nitrogen and oxygen atoms in total. The lowest BCUT2D eigenvalue weighted by atomic mass is 9.97. The predicted molar refractivity (Wildman–Crippen MR) is 178 cm³/mol. The highest BCUT2D eigenvalue weighted by molar-refractivity contribution is 5.98. The Bertz CT molecular complexity index is 1650. The highest BCUT2D eigenvalue weighted by Gasteiger charge is 2.38. The Morgan fingerprint density at radius 1 is 0.820 bits per heavy atom. The van der Waals surface area contributed by atoms with E-state index in [-0.39, 0.29) is 18.2 Å². The molecule has 5 rings (SSSR count). The van der Waals surface area contributed by atoms with Crippen molar-refractivity contribution in [3.8, 4) is 11.1 Å². The SMILES string of the molecule is O=C(Nc1ccc(C[C@H](NC(=O)[C@@H]2CCCN2C(=O)Nc2ccccc2-c2ccccc2)C(=O)O)cc1)C1CCNCC1.O=C(O)C(F)(F)F. The molecule has 50 heavy (non-hydrogen) atoms. The number of halogens is 3. The number of carbonyl (C=O) groups excluding carboxylic acids is 3. The number of rotatable bonds is 9. The van der Waals surface area contributed by atoms with Crippen LogP contribution in [0.15, 0.2) is 78.9 Å². The van der Waals surface area contributed by atoms with E-state index in [0.717, 1.165) is 37.1 Å². The number of anilines is 2. The van der Waals surface area contributed by atoms with Gasteiger partial charge in [-0.05, 0) is 68.1 Å². The molecule has 2 atom stereocenters. The maximum atomic E-state index is 13.3. The molecule has 3 aromatic rings. The summed E-state index contributed by atoms with van der Waals surface area (Å²) >= 11 is 0. The van der Waals surface area contributed by atoms with Crippen LogP contribution in [-0.4, -0.2) is 82.8 Å². The van der Waals surface area contributed by atoms with Crippen LogP contribution in [0.2, 0.25) is 0 Å².